The van der Waals surface area contributed by atoms with E-state index in [1.807, 2.05) is 74.5 Å². The highest BCUT2D eigenvalue weighted by molar-refractivity contribution is 5.94. The number of amides is 1. The molecule has 0 saturated heterocycles. The van der Waals surface area contributed by atoms with Crippen molar-refractivity contribution in [3.63, 3.8) is 0 Å². The molecule has 1 heterocycles. The van der Waals surface area contributed by atoms with Gasteiger partial charge in [-0.15, -0.1) is 0 Å². The highest BCUT2D eigenvalue weighted by atomic mass is 16.5. The van der Waals surface area contributed by atoms with Gasteiger partial charge in [-0.05, 0) is 56.3 Å². The molecule has 1 amide bonds. The van der Waals surface area contributed by atoms with Crippen molar-refractivity contribution < 1.29 is 14.6 Å². The second-order valence-corrected chi connectivity index (χ2v) is 8.31. The number of para-hydroxylation sites is 2. The van der Waals surface area contributed by atoms with Crippen molar-refractivity contribution >= 4 is 17.3 Å². The number of fused-ring (bicyclic) bond motifs is 1. The summed E-state index contributed by atoms with van der Waals surface area (Å²) in [4.78, 5) is 13.0. The zero-order chi connectivity index (χ0) is 22.9. The van der Waals surface area contributed by atoms with Crippen LogP contribution in [0.1, 0.15) is 37.9 Å². The molecule has 0 saturated carbocycles. The summed E-state index contributed by atoms with van der Waals surface area (Å²) in [5.41, 5.74) is 1.55. The smallest absolute Gasteiger partial charge is 0.242 e. The van der Waals surface area contributed by atoms with Crippen molar-refractivity contribution in [3.05, 3.63) is 90.0 Å². The van der Waals surface area contributed by atoms with E-state index in [0.717, 1.165) is 5.69 Å². The lowest BCUT2D eigenvalue weighted by Crippen LogP contribution is -2.59. The van der Waals surface area contributed by atoms with Gasteiger partial charge >= 0.3 is 0 Å². The topological polar surface area (TPSA) is 76.8 Å². The fourth-order valence-corrected chi connectivity index (χ4v) is 4.11. The Morgan fingerprint density at radius 3 is 2.16 bits per heavy atom. The maximum Gasteiger partial charge on any atom is 0.242 e. The average Bonchev–Trinajstić information content (AvgIpc) is 2.79. The zero-order valence-corrected chi connectivity index (χ0v) is 18.3. The molecule has 4 rings (SSSR count). The van der Waals surface area contributed by atoms with Crippen molar-refractivity contribution in [1.29, 1.82) is 5.26 Å². The molecule has 2 atom stereocenters. The van der Waals surface area contributed by atoms with E-state index in [2.05, 4.69) is 6.07 Å². The lowest BCUT2D eigenvalue weighted by molar-refractivity contribution is -0.117. The van der Waals surface area contributed by atoms with Crippen LogP contribution in [0.15, 0.2) is 78.9 Å². The highest BCUT2D eigenvalue weighted by Crippen LogP contribution is 2.46. The first-order chi connectivity index (χ1) is 15.3. The molecule has 1 N–H and O–H groups in total. The fourth-order valence-electron chi connectivity index (χ4n) is 4.11. The number of hydrogen-bond acceptors (Lipinski definition) is 5. The summed E-state index contributed by atoms with van der Waals surface area (Å²) in [5, 5.41) is 24.4. The van der Waals surface area contributed by atoms with Crippen LogP contribution in [0.25, 0.3) is 0 Å². The summed E-state index contributed by atoms with van der Waals surface area (Å²) in [5.74, 6) is 0.358. The lowest BCUT2D eigenvalue weighted by Gasteiger charge is -2.49. The van der Waals surface area contributed by atoms with Gasteiger partial charge < -0.3 is 9.84 Å². The monoisotopic (exact) mass is 427 g/mol. The number of hydrazine groups is 1. The number of nitriles is 1. The van der Waals surface area contributed by atoms with Gasteiger partial charge in [0.05, 0.1) is 23.0 Å². The molecule has 0 unspecified atom stereocenters. The van der Waals surface area contributed by atoms with Crippen LogP contribution in [0.4, 0.5) is 11.4 Å². The first-order valence-electron chi connectivity index (χ1n) is 10.4. The van der Waals surface area contributed by atoms with E-state index >= 15 is 0 Å². The second-order valence-electron chi connectivity index (χ2n) is 8.31. The predicted molar refractivity (Wildman–Crippen MR) is 123 cm³/mol. The number of aliphatic hydroxyl groups excluding tert-OH is 1. The van der Waals surface area contributed by atoms with E-state index in [9.17, 15) is 15.2 Å². The molecule has 0 fully saturated rings. The molecule has 0 bridgehead atoms. The molecular formula is C26H25N3O3. The molecule has 32 heavy (non-hydrogen) atoms. The summed E-state index contributed by atoms with van der Waals surface area (Å²) in [6, 6.07) is 25.4. The third kappa shape index (κ3) is 3.79. The van der Waals surface area contributed by atoms with Crippen LogP contribution < -0.4 is 14.8 Å². The first kappa shape index (κ1) is 21.4. The third-order valence-corrected chi connectivity index (χ3v) is 5.64. The number of hydrogen-bond donors (Lipinski definition) is 1. The Labute approximate surface area is 187 Å². The number of nitrogens with zero attached hydrogens (tertiary/aromatic N) is 3. The van der Waals surface area contributed by atoms with Gasteiger partial charge in [0.1, 0.15) is 23.5 Å². The SMILES string of the molecule is CC(=O)N(c1ccccc1)N(c1ccccc1)[C@H]1c2cc(C#N)ccc2OC(C)(C)[C@@H]1O. The maximum absolute atomic E-state index is 13.0. The zero-order valence-electron chi connectivity index (χ0n) is 18.3. The Balaban J connectivity index is 1.99. The summed E-state index contributed by atoms with van der Waals surface area (Å²) in [6.07, 6.45) is -1.00. The van der Waals surface area contributed by atoms with E-state index in [0.29, 0.717) is 22.6 Å². The highest BCUT2D eigenvalue weighted by Gasteiger charge is 2.48. The fraction of sp³-hybridized carbons (Fsp3) is 0.231. The minimum Gasteiger partial charge on any atom is -0.485 e. The minimum atomic E-state index is -1.00. The van der Waals surface area contributed by atoms with Gasteiger partial charge in [-0.3, -0.25) is 9.80 Å². The molecule has 3 aromatic carbocycles. The van der Waals surface area contributed by atoms with Gasteiger partial charge in [0, 0.05) is 12.5 Å². The number of carbonyl (C=O) groups excluding carboxylic acids is 1. The number of rotatable bonds is 4. The molecule has 6 heteroatoms. The summed E-state index contributed by atoms with van der Waals surface area (Å²) < 4.78 is 6.10. The Morgan fingerprint density at radius 2 is 1.59 bits per heavy atom. The van der Waals surface area contributed by atoms with Gasteiger partial charge in [0.15, 0.2) is 0 Å². The van der Waals surface area contributed by atoms with Crippen LogP contribution in [0, 0.1) is 11.3 Å². The van der Waals surface area contributed by atoms with E-state index < -0.39 is 17.7 Å². The van der Waals surface area contributed by atoms with Crippen molar-refractivity contribution in [2.75, 3.05) is 10.0 Å². The number of carbonyl (C=O) groups is 1. The largest absolute Gasteiger partial charge is 0.485 e. The Hall–Kier alpha value is -3.82. The number of aliphatic hydroxyl groups is 1. The van der Waals surface area contributed by atoms with Crippen molar-refractivity contribution in [2.45, 2.75) is 38.5 Å². The van der Waals surface area contributed by atoms with E-state index in [-0.39, 0.29) is 5.91 Å². The molecule has 0 aliphatic carbocycles. The number of benzene rings is 3. The van der Waals surface area contributed by atoms with Crippen LogP contribution in [0.3, 0.4) is 0 Å². The van der Waals surface area contributed by atoms with Crippen LogP contribution in [0.2, 0.25) is 0 Å². The van der Waals surface area contributed by atoms with E-state index in [1.165, 1.54) is 6.92 Å². The predicted octanol–water partition coefficient (Wildman–Crippen LogP) is 4.61. The Morgan fingerprint density at radius 1 is 1.00 bits per heavy atom. The van der Waals surface area contributed by atoms with Crippen molar-refractivity contribution in [3.8, 4) is 11.8 Å². The molecular weight excluding hydrogens is 402 g/mol. The second kappa shape index (κ2) is 8.37. The van der Waals surface area contributed by atoms with Gasteiger partial charge in [-0.2, -0.15) is 5.26 Å². The van der Waals surface area contributed by atoms with E-state index in [4.69, 9.17) is 4.74 Å². The van der Waals surface area contributed by atoms with Gasteiger partial charge in [-0.25, -0.2) is 5.01 Å². The molecule has 0 aromatic heterocycles. The minimum absolute atomic E-state index is 0.213. The quantitative estimate of drug-likeness (QED) is 0.616. The van der Waals surface area contributed by atoms with Gasteiger partial charge in [0.2, 0.25) is 5.91 Å². The van der Waals surface area contributed by atoms with Crippen LogP contribution in [-0.2, 0) is 4.79 Å². The molecule has 0 spiro atoms. The molecule has 3 aromatic rings. The van der Waals surface area contributed by atoms with Gasteiger partial charge in [-0.1, -0.05) is 36.4 Å². The maximum atomic E-state index is 13.0. The molecule has 0 radical (unpaired) electrons. The summed E-state index contributed by atoms with van der Waals surface area (Å²) in [7, 11) is 0. The molecule has 162 valence electrons. The average molecular weight is 428 g/mol. The lowest BCUT2D eigenvalue weighted by atomic mass is 9.85. The Kier molecular flexibility index (Phi) is 5.60. The normalized spacial score (nSPS) is 18.6. The summed E-state index contributed by atoms with van der Waals surface area (Å²) in [6.45, 7) is 5.12. The van der Waals surface area contributed by atoms with Crippen LogP contribution >= 0.6 is 0 Å². The van der Waals surface area contributed by atoms with Crippen molar-refractivity contribution in [1.82, 2.24) is 0 Å². The van der Waals surface area contributed by atoms with Crippen LogP contribution in [-0.4, -0.2) is 22.7 Å². The van der Waals surface area contributed by atoms with Crippen molar-refractivity contribution in [2.24, 2.45) is 0 Å². The van der Waals surface area contributed by atoms with E-state index in [1.54, 1.807) is 28.2 Å². The molecule has 1 aliphatic heterocycles. The number of ether oxygens (including phenoxy) is 1. The summed E-state index contributed by atoms with van der Waals surface area (Å²) >= 11 is 0. The first-order valence-corrected chi connectivity index (χ1v) is 10.4. The molecule has 6 nitrogen and oxygen atoms in total. The Bertz CT molecular complexity index is 1160. The number of anilines is 2. The third-order valence-electron chi connectivity index (χ3n) is 5.64. The standard InChI is InChI=1S/C26H25N3O3/c1-18(30)28(20-10-6-4-7-11-20)29(21-12-8-5-9-13-21)24-22-16-19(17-27)14-15-23(22)32-26(2,3)25(24)31/h4-16,24-25,31H,1-3H3/t24-,25+/m0/s1. The van der Waals surface area contributed by atoms with Gasteiger partial charge in [0.25, 0.3) is 0 Å². The molecule has 1 aliphatic rings. The van der Waals surface area contributed by atoms with Crippen LogP contribution in [0.5, 0.6) is 5.75 Å².